The van der Waals surface area contributed by atoms with Crippen molar-refractivity contribution in [1.29, 1.82) is 5.26 Å². The second-order valence-electron chi connectivity index (χ2n) is 7.62. The third-order valence-corrected chi connectivity index (χ3v) is 6.22. The predicted octanol–water partition coefficient (Wildman–Crippen LogP) is 7.25. The molecule has 0 heterocycles. The van der Waals surface area contributed by atoms with Gasteiger partial charge in [0.1, 0.15) is 17.4 Å². The fourth-order valence-corrected chi connectivity index (χ4v) is 4.17. The average Bonchev–Trinajstić information content (AvgIpc) is 2.77. The van der Waals surface area contributed by atoms with Gasteiger partial charge in [0.2, 0.25) is 0 Å². The van der Waals surface area contributed by atoms with Crippen LogP contribution >= 0.6 is 27.5 Å². The highest BCUT2D eigenvalue weighted by atomic mass is 79.9. The second-order valence-corrected chi connectivity index (χ2v) is 8.88. The van der Waals surface area contributed by atoms with Crippen LogP contribution in [0.25, 0.3) is 6.08 Å². The molecule has 0 saturated heterocycles. The Morgan fingerprint density at radius 3 is 2.61 bits per heavy atom. The van der Waals surface area contributed by atoms with Gasteiger partial charge < -0.3 is 10.1 Å². The molecule has 168 valence electrons. The van der Waals surface area contributed by atoms with Crippen LogP contribution < -0.4 is 10.1 Å². The lowest BCUT2D eigenvalue weighted by Gasteiger charge is -2.14. The van der Waals surface area contributed by atoms with Gasteiger partial charge in [-0.2, -0.15) is 5.26 Å². The lowest BCUT2D eigenvalue weighted by Crippen LogP contribution is -2.14. The lowest BCUT2D eigenvalue weighted by atomic mass is 10.0. The highest BCUT2D eigenvalue weighted by molar-refractivity contribution is 9.10. The first-order valence-electron chi connectivity index (χ1n) is 10.5. The van der Waals surface area contributed by atoms with Crippen LogP contribution in [0.3, 0.4) is 0 Å². The molecule has 0 aliphatic heterocycles. The van der Waals surface area contributed by atoms with Gasteiger partial charge in [-0.1, -0.05) is 63.4 Å². The Kier molecular flexibility index (Phi) is 8.32. The van der Waals surface area contributed by atoms with Crippen molar-refractivity contribution < 1.29 is 9.53 Å². The minimum atomic E-state index is -0.476. The van der Waals surface area contributed by atoms with E-state index in [-0.39, 0.29) is 5.57 Å². The minimum Gasteiger partial charge on any atom is -0.494 e. The third kappa shape index (κ3) is 6.25. The van der Waals surface area contributed by atoms with Crippen molar-refractivity contribution in [3.8, 4) is 11.8 Å². The van der Waals surface area contributed by atoms with Gasteiger partial charge in [-0.25, -0.2) is 0 Å². The topological polar surface area (TPSA) is 62.1 Å². The van der Waals surface area contributed by atoms with Gasteiger partial charge in [-0.05, 0) is 67.8 Å². The quantitative estimate of drug-likeness (QED) is 0.262. The van der Waals surface area contributed by atoms with Crippen LogP contribution in [-0.2, 0) is 11.2 Å². The van der Waals surface area contributed by atoms with E-state index < -0.39 is 5.91 Å². The fourth-order valence-electron chi connectivity index (χ4n) is 3.46. The first kappa shape index (κ1) is 24.6. The smallest absolute Gasteiger partial charge is 0.266 e. The molecule has 0 atom stereocenters. The van der Waals surface area contributed by atoms with E-state index in [1.165, 1.54) is 6.08 Å². The number of carbonyl (C=O) groups is 1. The molecule has 0 fully saturated rings. The Morgan fingerprint density at radius 2 is 1.94 bits per heavy atom. The maximum atomic E-state index is 12.8. The van der Waals surface area contributed by atoms with E-state index in [0.717, 1.165) is 26.7 Å². The molecule has 6 heteroatoms. The van der Waals surface area contributed by atoms with Gasteiger partial charge in [0.25, 0.3) is 5.91 Å². The largest absolute Gasteiger partial charge is 0.494 e. The Morgan fingerprint density at radius 1 is 1.18 bits per heavy atom. The van der Waals surface area contributed by atoms with Crippen molar-refractivity contribution in [2.75, 3.05) is 11.9 Å². The molecular formula is C27H24BrClN2O2. The number of amides is 1. The van der Waals surface area contributed by atoms with Crippen LogP contribution in [0.4, 0.5) is 5.69 Å². The summed E-state index contributed by atoms with van der Waals surface area (Å²) in [4.78, 5) is 12.8. The molecule has 33 heavy (non-hydrogen) atoms. The summed E-state index contributed by atoms with van der Waals surface area (Å²) in [6, 6.07) is 19.2. The van der Waals surface area contributed by atoms with Crippen LogP contribution in [0.2, 0.25) is 5.02 Å². The summed E-state index contributed by atoms with van der Waals surface area (Å²) in [6.45, 7) is 6.26. The number of carbonyl (C=O) groups excluding carboxylic acids is 1. The van der Waals surface area contributed by atoms with Crippen LogP contribution in [0.1, 0.15) is 34.7 Å². The standard InChI is InChI=1S/C27H24BrClN2O2/c1-4-33-26-14-19(13-24(29)22(26)15-20-7-5-6-8-23(20)28)12-21(16-30)27(32)31-25-10-9-17(2)11-18(25)3/h5-14H,4,15H2,1-3H3,(H,31,32)/b21-12+. The predicted molar refractivity (Wildman–Crippen MR) is 138 cm³/mol. The molecule has 0 saturated carbocycles. The number of ether oxygens (including phenoxy) is 1. The van der Waals surface area contributed by atoms with E-state index in [4.69, 9.17) is 16.3 Å². The zero-order chi connectivity index (χ0) is 24.0. The van der Waals surface area contributed by atoms with Crippen molar-refractivity contribution in [2.24, 2.45) is 0 Å². The summed E-state index contributed by atoms with van der Waals surface area (Å²) in [7, 11) is 0. The summed E-state index contributed by atoms with van der Waals surface area (Å²) >= 11 is 10.2. The maximum absolute atomic E-state index is 12.8. The molecule has 3 aromatic rings. The molecule has 0 aliphatic rings. The Bertz CT molecular complexity index is 1260. The molecule has 0 aliphatic carbocycles. The number of halogens is 2. The highest BCUT2D eigenvalue weighted by Gasteiger charge is 2.15. The van der Waals surface area contributed by atoms with E-state index >= 15 is 0 Å². The molecule has 3 aromatic carbocycles. The van der Waals surface area contributed by atoms with Crippen LogP contribution in [0, 0.1) is 25.2 Å². The van der Waals surface area contributed by atoms with Gasteiger partial charge in [-0.15, -0.1) is 0 Å². The van der Waals surface area contributed by atoms with Crippen molar-refractivity contribution in [1.82, 2.24) is 0 Å². The number of hydrogen-bond acceptors (Lipinski definition) is 3. The summed E-state index contributed by atoms with van der Waals surface area (Å²) in [5.41, 5.74) is 5.22. The number of nitrogens with one attached hydrogen (secondary N) is 1. The van der Waals surface area contributed by atoms with Gasteiger partial charge >= 0.3 is 0 Å². The van der Waals surface area contributed by atoms with E-state index in [0.29, 0.717) is 35.1 Å². The van der Waals surface area contributed by atoms with Crippen molar-refractivity contribution >= 4 is 45.2 Å². The number of nitrogens with zero attached hydrogens (tertiary/aromatic N) is 1. The monoisotopic (exact) mass is 522 g/mol. The molecule has 1 N–H and O–H groups in total. The van der Waals surface area contributed by atoms with Crippen molar-refractivity contribution in [2.45, 2.75) is 27.2 Å². The maximum Gasteiger partial charge on any atom is 0.266 e. The molecule has 0 spiro atoms. The first-order valence-corrected chi connectivity index (χ1v) is 11.7. The summed E-state index contributed by atoms with van der Waals surface area (Å²) in [5.74, 6) is 0.148. The van der Waals surface area contributed by atoms with E-state index in [9.17, 15) is 10.1 Å². The molecule has 0 radical (unpaired) electrons. The van der Waals surface area contributed by atoms with Crippen LogP contribution in [0.15, 0.2) is 64.6 Å². The van der Waals surface area contributed by atoms with E-state index in [2.05, 4.69) is 21.2 Å². The number of aryl methyl sites for hydroxylation is 2. The third-order valence-electron chi connectivity index (χ3n) is 5.11. The van der Waals surface area contributed by atoms with E-state index in [1.807, 2.05) is 75.4 Å². The summed E-state index contributed by atoms with van der Waals surface area (Å²) in [6.07, 6.45) is 2.10. The number of rotatable bonds is 7. The zero-order valence-corrected chi connectivity index (χ0v) is 21.0. The number of nitriles is 1. The molecule has 1 amide bonds. The first-order chi connectivity index (χ1) is 15.8. The average molecular weight is 524 g/mol. The van der Waals surface area contributed by atoms with Crippen LogP contribution in [-0.4, -0.2) is 12.5 Å². The Labute approximate surface area is 208 Å². The van der Waals surface area contributed by atoms with Gasteiger partial charge in [0.05, 0.1) is 6.61 Å². The van der Waals surface area contributed by atoms with Crippen LogP contribution in [0.5, 0.6) is 5.75 Å². The number of hydrogen-bond donors (Lipinski definition) is 1. The zero-order valence-electron chi connectivity index (χ0n) is 18.7. The SMILES string of the molecule is CCOc1cc(/C=C(\C#N)C(=O)Nc2ccc(C)cc2C)cc(Cl)c1Cc1ccccc1Br. The molecular weight excluding hydrogens is 500 g/mol. The Hall–Kier alpha value is -3.07. The molecule has 0 unspecified atom stereocenters. The fraction of sp³-hybridized carbons (Fsp3) is 0.185. The number of anilines is 1. The highest BCUT2D eigenvalue weighted by Crippen LogP contribution is 2.33. The van der Waals surface area contributed by atoms with E-state index in [1.54, 1.807) is 6.07 Å². The lowest BCUT2D eigenvalue weighted by molar-refractivity contribution is -0.112. The second kappa shape index (κ2) is 11.2. The Balaban J connectivity index is 1.93. The molecule has 0 bridgehead atoms. The normalized spacial score (nSPS) is 11.1. The summed E-state index contributed by atoms with van der Waals surface area (Å²) < 4.78 is 6.84. The molecule has 3 rings (SSSR count). The minimum absolute atomic E-state index is 0.0213. The van der Waals surface area contributed by atoms with Gasteiger partial charge in [-0.3, -0.25) is 4.79 Å². The number of benzene rings is 3. The molecule has 0 aromatic heterocycles. The van der Waals surface area contributed by atoms with Crippen molar-refractivity contribution in [3.05, 3.63) is 97.5 Å². The van der Waals surface area contributed by atoms with Gasteiger partial charge in [0, 0.05) is 27.2 Å². The molecule has 4 nitrogen and oxygen atoms in total. The van der Waals surface area contributed by atoms with Gasteiger partial charge in [0.15, 0.2) is 0 Å². The van der Waals surface area contributed by atoms with Crippen molar-refractivity contribution in [3.63, 3.8) is 0 Å². The summed E-state index contributed by atoms with van der Waals surface area (Å²) in [5, 5.41) is 12.9.